The molecule has 2 heterocycles. The molecule has 1 N–H and O–H groups in total. The molecule has 1 aliphatic heterocycles. The SMILES string of the molecule is COc1nc(Cl)nc(N2CCC(CCO)C2)n1. The van der Waals surface area contributed by atoms with E-state index in [0.29, 0.717) is 11.9 Å². The van der Waals surface area contributed by atoms with E-state index in [4.69, 9.17) is 21.4 Å². The highest BCUT2D eigenvalue weighted by Crippen LogP contribution is 2.24. The number of halogens is 1. The molecule has 94 valence electrons. The zero-order valence-corrected chi connectivity index (χ0v) is 10.4. The molecule has 0 aliphatic carbocycles. The molecule has 1 aliphatic rings. The quantitative estimate of drug-likeness (QED) is 0.859. The Bertz CT molecular complexity index is 391. The van der Waals surface area contributed by atoms with Gasteiger partial charge < -0.3 is 14.7 Å². The van der Waals surface area contributed by atoms with Gasteiger partial charge in [0.1, 0.15) is 0 Å². The van der Waals surface area contributed by atoms with Gasteiger partial charge in [0.05, 0.1) is 7.11 Å². The van der Waals surface area contributed by atoms with E-state index in [1.54, 1.807) is 0 Å². The van der Waals surface area contributed by atoms with Gasteiger partial charge >= 0.3 is 6.01 Å². The Morgan fingerprint density at radius 2 is 2.29 bits per heavy atom. The summed E-state index contributed by atoms with van der Waals surface area (Å²) in [5.74, 6) is 1.03. The Balaban J connectivity index is 2.10. The van der Waals surface area contributed by atoms with Crippen LogP contribution in [0.5, 0.6) is 6.01 Å². The third kappa shape index (κ3) is 2.95. The van der Waals surface area contributed by atoms with Gasteiger partial charge in [-0.3, -0.25) is 0 Å². The second-order valence-electron chi connectivity index (χ2n) is 4.00. The largest absolute Gasteiger partial charge is 0.467 e. The first-order chi connectivity index (χ1) is 8.22. The molecule has 0 amide bonds. The van der Waals surface area contributed by atoms with Crippen LogP contribution in [0.3, 0.4) is 0 Å². The Hall–Kier alpha value is -1.14. The van der Waals surface area contributed by atoms with Crippen molar-refractivity contribution in [2.75, 3.05) is 31.7 Å². The van der Waals surface area contributed by atoms with Crippen LogP contribution in [0, 0.1) is 5.92 Å². The molecule has 2 rings (SSSR count). The highest BCUT2D eigenvalue weighted by atomic mass is 35.5. The van der Waals surface area contributed by atoms with Gasteiger partial charge in [0.15, 0.2) is 0 Å². The molecule has 0 radical (unpaired) electrons. The van der Waals surface area contributed by atoms with E-state index in [2.05, 4.69) is 15.0 Å². The minimum atomic E-state index is 0.137. The van der Waals surface area contributed by atoms with Crippen LogP contribution in [0.1, 0.15) is 12.8 Å². The fraction of sp³-hybridized carbons (Fsp3) is 0.700. The van der Waals surface area contributed by atoms with Crippen molar-refractivity contribution in [2.24, 2.45) is 5.92 Å². The Labute approximate surface area is 105 Å². The number of aliphatic hydroxyl groups excluding tert-OH is 1. The summed E-state index contributed by atoms with van der Waals surface area (Å²) in [4.78, 5) is 14.1. The number of aliphatic hydroxyl groups is 1. The molecule has 1 atom stereocenters. The second kappa shape index (κ2) is 5.46. The van der Waals surface area contributed by atoms with Crippen molar-refractivity contribution in [3.63, 3.8) is 0 Å². The Morgan fingerprint density at radius 3 is 3.00 bits per heavy atom. The van der Waals surface area contributed by atoms with Crippen LogP contribution < -0.4 is 9.64 Å². The zero-order chi connectivity index (χ0) is 12.3. The maximum Gasteiger partial charge on any atom is 0.322 e. The number of hydrogen-bond acceptors (Lipinski definition) is 6. The summed E-state index contributed by atoms with van der Waals surface area (Å²) in [6, 6.07) is 0.227. The van der Waals surface area contributed by atoms with Gasteiger partial charge in [-0.05, 0) is 30.4 Å². The van der Waals surface area contributed by atoms with Crippen molar-refractivity contribution >= 4 is 17.5 Å². The third-order valence-electron chi connectivity index (χ3n) is 2.86. The van der Waals surface area contributed by atoms with Crippen LogP contribution in [0.25, 0.3) is 0 Å². The van der Waals surface area contributed by atoms with Crippen LogP contribution in [0.2, 0.25) is 5.28 Å². The molecule has 1 aromatic rings. The van der Waals surface area contributed by atoms with Crippen LogP contribution >= 0.6 is 11.6 Å². The summed E-state index contributed by atoms with van der Waals surface area (Å²) in [6.07, 6.45) is 1.85. The van der Waals surface area contributed by atoms with Crippen LogP contribution in [-0.4, -0.2) is 46.9 Å². The van der Waals surface area contributed by atoms with Gasteiger partial charge in [-0.15, -0.1) is 0 Å². The van der Waals surface area contributed by atoms with Crippen molar-refractivity contribution in [3.05, 3.63) is 5.28 Å². The summed E-state index contributed by atoms with van der Waals surface area (Å²) in [6.45, 7) is 1.93. The molecule has 1 unspecified atom stereocenters. The van der Waals surface area contributed by atoms with Crippen LogP contribution in [-0.2, 0) is 0 Å². The van der Waals surface area contributed by atoms with Crippen molar-refractivity contribution < 1.29 is 9.84 Å². The molecule has 0 saturated carbocycles. The lowest BCUT2D eigenvalue weighted by molar-refractivity contribution is 0.263. The van der Waals surface area contributed by atoms with Crippen molar-refractivity contribution in [3.8, 4) is 6.01 Å². The number of methoxy groups -OCH3 is 1. The van der Waals surface area contributed by atoms with E-state index in [1.807, 2.05) is 4.90 Å². The Kier molecular flexibility index (Phi) is 3.96. The van der Waals surface area contributed by atoms with Gasteiger partial charge in [-0.1, -0.05) is 0 Å². The summed E-state index contributed by atoms with van der Waals surface area (Å²) in [5, 5.41) is 9.05. The first-order valence-corrected chi connectivity index (χ1v) is 5.92. The second-order valence-corrected chi connectivity index (χ2v) is 4.34. The van der Waals surface area contributed by atoms with Crippen molar-refractivity contribution in [1.82, 2.24) is 15.0 Å². The predicted molar refractivity (Wildman–Crippen MR) is 63.4 cm³/mol. The molecule has 0 spiro atoms. The minimum Gasteiger partial charge on any atom is -0.467 e. The van der Waals surface area contributed by atoms with Crippen molar-refractivity contribution in [1.29, 1.82) is 0 Å². The highest BCUT2D eigenvalue weighted by molar-refractivity contribution is 6.28. The zero-order valence-electron chi connectivity index (χ0n) is 9.64. The predicted octanol–water partition coefficient (Wildman–Crippen LogP) is 0.742. The van der Waals surface area contributed by atoms with Crippen LogP contribution in [0.4, 0.5) is 5.95 Å². The topological polar surface area (TPSA) is 71.4 Å². The van der Waals surface area contributed by atoms with Gasteiger partial charge in [0.25, 0.3) is 0 Å². The van der Waals surface area contributed by atoms with Gasteiger partial charge in [-0.25, -0.2) is 0 Å². The molecular formula is C10H15ClN4O2. The minimum absolute atomic E-state index is 0.137. The maximum absolute atomic E-state index is 8.91. The van der Waals surface area contributed by atoms with Crippen molar-refractivity contribution in [2.45, 2.75) is 12.8 Å². The van der Waals surface area contributed by atoms with Crippen LogP contribution in [0.15, 0.2) is 0 Å². The highest BCUT2D eigenvalue weighted by Gasteiger charge is 2.24. The van der Waals surface area contributed by atoms with E-state index in [1.165, 1.54) is 7.11 Å². The lowest BCUT2D eigenvalue weighted by Crippen LogP contribution is -2.22. The molecule has 1 aromatic heterocycles. The molecule has 0 aromatic carbocycles. The first-order valence-electron chi connectivity index (χ1n) is 5.54. The fourth-order valence-corrected chi connectivity index (χ4v) is 2.14. The van der Waals surface area contributed by atoms with E-state index in [-0.39, 0.29) is 17.9 Å². The molecule has 0 bridgehead atoms. The number of ether oxygens (including phenoxy) is 1. The smallest absolute Gasteiger partial charge is 0.322 e. The monoisotopic (exact) mass is 258 g/mol. The number of rotatable bonds is 4. The Morgan fingerprint density at radius 1 is 1.47 bits per heavy atom. The number of aromatic nitrogens is 3. The lowest BCUT2D eigenvalue weighted by Gasteiger charge is -2.16. The summed E-state index contributed by atoms with van der Waals surface area (Å²) in [7, 11) is 1.49. The molecule has 7 heteroatoms. The average molecular weight is 259 g/mol. The maximum atomic E-state index is 8.91. The van der Waals surface area contributed by atoms with E-state index in [9.17, 15) is 0 Å². The number of anilines is 1. The molecule has 1 fully saturated rings. The van der Waals surface area contributed by atoms with E-state index < -0.39 is 0 Å². The molecule has 1 saturated heterocycles. The summed E-state index contributed by atoms with van der Waals surface area (Å²) < 4.78 is 4.96. The molecular weight excluding hydrogens is 244 g/mol. The van der Waals surface area contributed by atoms with Gasteiger partial charge in [0, 0.05) is 19.7 Å². The standard InChI is InChI=1S/C10H15ClN4O2/c1-17-10-13-8(11)12-9(14-10)15-4-2-7(6-15)3-5-16/h7,16H,2-6H2,1H3. The van der Waals surface area contributed by atoms with Gasteiger partial charge in [0.2, 0.25) is 11.2 Å². The number of nitrogens with zero attached hydrogens (tertiary/aromatic N) is 4. The van der Waals surface area contributed by atoms with E-state index >= 15 is 0 Å². The lowest BCUT2D eigenvalue weighted by atomic mass is 10.1. The normalized spacial score (nSPS) is 19.7. The fourth-order valence-electron chi connectivity index (χ4n) is 1.99. The summed E-state index contributed by atoms with van der Waals surface area (Å²) in [5.41, 5.74) is 0. The van der Waals surface area contributed by atoms with Gasteiger partial charge in [-0.2, -0.15) is 15.0 Å². The first kappa shape index (κ1) is 12.3. The summed E-state index contributed by atoms with van der Waals surface area (Å²) >= 11 is 5.80. The molecule has 17 heavy (non-hydrogen) atoms. The number of hydrogen-bond donors (Lipinski definition) is 1. The molecule has 6 nitrogen and oxygen atoms in total. The van der Waals surface area contributed by atoms with E-state index in [0.717, 1.165) is 25.9 Å². The average Bonchev–Trinajstić information content (AvgIpc) is 2.77. The third-order valence-corrected chi connectivity index (χ3v) is 3.03.